The molecule has 132 valence electrons. The molecule has 1 aliphatic rings. The first kappa shape index (κ1) is 17.1. The molecule has 0 unspecified atom stereocenters. The molecular formula is C17H21N5O3. The van der Waals surface area contributed by atoms with Crippen LogP contribution in [0.5, 0.6) is 0 Å². The summed E-state index contributed by atoms with van der Waals surface area (Å²) in [6, 6.07) is 6.75. The zero-order valence-electron chi connectivity index (χ0n) is 14.3. The van der Waals surface area contributed by atoms with Crippen LogP contribution in [0.2, 0.25) is 0 Å². The molecule has 1 amide bonds. The quantitative estimate of drug-likeness (QED) is 0.781. The Morgan fingerprint density at radius 2 is 2.04 bits per heavy atom. The summed E-state index contributed by atoms with van der Waals surface area (Å²) < 4.78 is 6.80. The van der Waals surface area contributed by atoms with Gasteiger partial charge in [0.25, 0.3) is 5.91 Å². The maximum absolute atomic E-state index is 12.4. The molecule has 2 aromatic rings. The molecule has 0 aliphatic carbocycles. The topological polar surface area (TPSA) is 90.2 Å². The smallest absolute Gasteiger partial charge is 0.338 e. The molecule has 1 aromatic heterocycles. The highest BCUT2D eigenvalue weighted by molar-refractivity contribution is 5.92. The largest absolute Gasteiger partial charge is 0.449 e. The third-order valence-electron chi connectivity index (χ3n) is 4.42. The van der Waals surface area contributed by atoms with Gasteiger partial charge in [-0.15, -0.1) is 5.10 Å². The van der Waals surface area contributed by atoms with Crippen LogP contribution in [0.3, 0.4) is 0 Å². The summed E-state index contributed by atoms with van der Waals surface area (Å²) >= 11 is 0. The SMILES string of the molecule is CC1CCN(C(=O)[C@H](C)OC(=O)c2cccc(-n3cnnn3)c2)CC1. The number of hydrogen-bond donors (Lipinski definition) is 0. The van der Waals surface area contributed by atoms with E-state index in [1.165, 1.54) is 11.0 Å². The van der Waals surface area contributed by atoms with E-state index in [0.29, 0.717) is 17.2 Å². The van der Waals surface area contributed by atoms with E-state index in [9.17, 15) is 9.59 Å². The van der Waals surface area contributed by atoms with Crippen LogP contribution in [-0.2, 0) is 9.53 Å². The van der Waals surface area contributed by atoms with Crippen molar-refractivity contribution < 1.29 is 14.3 Å². The minimum Gasteiger partial charge on any atom is -0.449 e. The fourth-order valence-corrected chi connectivity index (χ4v) is 2.82. The number of likely N-dealkylation sites (tertiary alicyclic amines) is 1. The van der Waals surface area contributed by atoms with E-state index in [1.807, 2.05) is 0 Å². The molecule has 0 spiro atoms. The Balaban J connectivity index is 1.63. The first-order valence-corrected chi connectivity index (χ1v) is 8.38. The van der Waals surface area contributed by atoms with Crippen LogP contribution in [0.15, 0.2) is 30.6 Å². The average Bonchev–Trinajstić information content (AvgIpc) is 3.16. The summed E-state index contributed by atoms with van der Waals surface area (Å²) in [5.41, 5.74) is 0.989. The number of tetrazole rings is 1. The zero-order valence-corrected chi connectivity index (χ0v) is 14.3. The van der Waals surface area contributed by atoms with E-state index in [4.69, 9.17) is 4.74 Å². The number of aromatic nitrogens is 4. The monoisotopic (exact) mass is 343 g/mol. The molecule has 8 nitrogen and oxygen atoms in total. The Hall–Kier alpha value is -2.77. The van der Waals surface area contributed by atoms with E-state index in [2.05, 4.69) is 22.4 Å². The Morgan fingerprint density at radius 3 is 2.72 bits per heavy atom. The van der Waals surface area contributed by atoms with Crippen molar-refractivity contribution in [1.82, 2.24) is 25.1 Å². The standard InChI is InChI=1S/C17H21N5O3/c1-12-6-8-21(9-7-12)16(23)13(2)25-17(24)14-4-3-5-15(10-14)22-11-18-19-20-22/h3-5,10-13H,6-9H2,1-2H3/t13-/m0/s1. The third kappa shape index (κ3) is 4.01. The molecule has 1 aromatic carbocycles. The maximum atomic E-state index is 12.4. The second-order valence-corrected chi connectivity index (χ2v) is 6.36. The molecule has 1 saturated heterocycles. The van der Waals surface area contributed by atoms with Gasteiger partial charge in [0.1, 0.15) is 6.33 Å². The summed E-state index contributed by atoms with van der Waals surface area (Å²) in [4.78, 5) is 26.6. The van der Waals surface area contributed by atoms with Gasteiger partial charge < -0.3 is 9.64 Å². The van der Waals surface area contributed by atoms with Crippen LogP contribution in [0.1, 0.15) is 37.0 Å². The van der Waals surface area contributed by atoms with Crippen LogP contribution in [0.25, 0.3) is 5.69 Å². The minimum absolute atomic E-state index is 0.142. The third-order valence-corrected chi connectivity index (χ3v) is 4.42. The van der Waals surface area contributed by atoms with Crippen molar-refractivity contribution in [3.8, 4) is 5.69 Å². The lowest BCUT2D eigenvalue weighted by atomic mass is 9.99. The number of carbonyl (C=O) groups is 2. The summed E-state index contributed by atoms with van der Waals surface area (Å²) in [7, 11) is 0. The summed E-state index contributed by atoms with van der Waals surface area (Å²) in [6.07, 6.45) is 2.60. The minimum atomic E-state index is -0.808. The molecule has 1 atom stereocenters. The predicted octanol–water partition coefficient (Wildman–Crippen LogP) is 1.47. The number of nitrogens with zero attached hydrogens (tertiary/aromatic N) is 5. The molecule has 0 bridgehead atoms. The number of carbonyl (C=O) groups excluding carboxylic acids is 2. The highest BCUT2D eigenvalue weighted by Crippen LogP contribution is 2.18. The fraction of sp³-hybridized carbons (Fsp3) is 0.471. The van der Waals surface area contributed by atoms with Crippen LogP contribution >= 0.6 is 0 Å². The van der Waals surface area contributed by atoms with Crippen molar-refractivity contribution >= 4 is 11.9 Å². The normalized spacial score (nSPS) is 16.5. The molecule has 3 rings (SSSR count). The van der Waals surface area contributed by atoms with Gasteiger partial charge in [0.05, 0.1) is 11.3 Å². The summed E-state index contributed by atoms with van der Waals surface area (Å²) in [6.45, 7) is 5.24. The number of hydrogen-bond acceptors (Lipinski definition) is 6. The number of rotatable bonds is 4. The number of piperidine rings is 1. The lowest BCUT2D eigenvalue weighted by Crippen LogP contribution is -2.44. The molecule has 1 aliphatic heterocycles. The van der Waals surface area contributed by atoms with Crippen molar-refractivity contribution in [3.05, 3.63) is 36.2 Å². The predicted molar refractivity (Wildman–Crippen MR) is 89.0 cm³/mol. The first-order chi connectivity index (χ1) is 12.0. The second kappa shape index (κ2) is 7.42. The lowest BCUT2D eigenvalue weighted by Gasteiger charge is -2.31. The van der Waals surface area contributed by atoms with Crippen LogP contribution in [-0.4, -0.2) is 56.2 Å². The van der Waals surface area contributed by atoms with Gasteiger partial charge in [0.15, 0.2) is 6.10 Å². The van der Waals surface area contributed by atoms with Crippen molar-refractivity contribution in [1.29, 1.82) is 0 Å². The van der Waals surface area contributed by atoms with E-state index in [-0.39, 0.29) is 5.91 Å². The van der Waals surface area contributed by atoms with Crippen molar-refractivity contribution in [2.24, 2.45) is 5.92 Å². The number of benzene rings is 1. The Kier molecular flexibility index (Phi) is 5.06. The highest BCUT2D eigenvalue weighted by atomic mass is 16.5. The summed E-state index contributed by atoms with van der Waals surface area (Å²) in [5.74, 6) is -0.0473. The molecule has 1 fully saturated rings. The van der Waals surface area contributed by atoms with E-state index >= 15 is 0 Å². The van der Waals surface area contributed by atoms with Crippen molar-refractivity contribution in [3.63, 3.8) is 0 Å². The Bertz CT molecular complexity index is 739. The first-order valence-electron chi connectivity index (χ1n) is 8.38. The molecule has 8 heteroatoms. The lowest BCUT2D eigenvalue weighted by molar-refractivity contribution is -0.141. The van der Waals surface area contributed by atoms with Gasteiger partial charge in [-0.3, -0.25) is 4.79 Å². The molecule has 2 heterocycles. The Morgan fingerprint density at radius 1 is 1.28 bits per heavy atom. The molecule has 25 heavy (non-hydrogen) atoms. The highest BCUT2D eigenvalue weighted by Gasteiger charge is 2.27. The number of ether oxygens (including phenoxy) is 1. The number of esters is 1. The van der Waals surface area contributed by atoms with E-state index in [1.54, 1.807) is 36.1 Å². The summed E-state index contributed by atoms with van der Waals surface area (Å²) in [5, 5.41) is 10.9. The van der Waals surface area contributed by atoms with Crippen LogP contribution in [0.4, 0.5) is 0 Å². The van der Waals surface area contributed by atoms with Gasteiger partial charge in [-0.2, -0.15) is 0 Å². The van der Waals surface area contributed by atoms with Crippen LogP contribution in [0, 0.1) is 5.92 Å². The van der Waals surface area contributed by atoms with Gasteiger partial charge in [-0.05, 0) is 54.3 Å². The average molecular weight is 343 g/mol. The second-order valence-electron chi connectivity index (χ2n) is 6.36. The van der Waals surface area contributed by atoms with Gasteiger partial charge in [-0.25, -0.2) is 9.48 Å². The van der Waals surface area contributed by atoms with Gasteiger partial charge in [0.2, 0.25) is 0 Å². The Labute approximate surface area is 145 Å². The molecular weight excluding hydrogens is 322 g/mol. The van der Waals surface area contributed by atoms with E-state index in [0.717, 1.165) is 25.9 Å². The maximum Gasteiger partial charge on any atom is 0.338 e. The zero-order chi connectivity index (χ0) is 17.8. The number of amides is 1. The van der Waals surface area contributed by atoms with Gasteiger partial charge in [0, 0.05) is 13.1 Å². The molecule has 0 radical (unpaired) electrons. The van der Waals surface area contributed by atoms with E-state index < -0.39 is 12.1 Å². The molecule has 0 N–H and O–H groups in total. The van der Waals surface area contributed by atoms with Crippen LogP contribution < -0.4 is 0 Å². The van der Waals surface area contributed by atoms with Gasteiger partial charge in [-0.1, -0.05) is 13.0 Å². The fourth-order valence-electron chi connectivity index (χ4n) is 2.82. The van der Waals surface area contributed by atoms with Crippen molar-refractivity contribution in [2.45, 2.75) is 32.8 Å². The molecule has 0 saturated carbocycles. The van der Waals surface area contributed by atoms with Crippen molar-refractivity contribution in [2.75, 3.05) is 13.1 Å². The van der Waals surface area contributed by atoms with Gasteiger partial charge >= 0.3 is 5.97 Å².